The highest BCUT2D eigenvalue weighted by molar-refractivity contribution is 9.10. The van der Waals surface area contributed by atoms with Gasteiger partial charge in [-0.3, -0.25) is 0 Å². The number of hydrogen-bond acceptors (Lipinski definition) is 4. The third-order valence-electron chi connectivity index (χ3n) is 3.13. The minimum absolute atomic E-state index is 0.247. The van der Waals surface area contributed by atoms with Crippen molar-refractivity contribution in [3.63, 3.8) is 0 Å². The Bertz CT molecular complexity index is 424. The third kappa shape index (κ3) is 5.40. The first kappa shape index (κ1) is 15.8. The maximum atomic E-state index is 9.68. The molecule has 1 aliphatic rings. The fourth-order valence-corrected chi connectivity index (χ4v) is 2.20. The van der Waals surface area contributed by atoms with Crippen LogP contribution in [0.4, 0.5) is 0 Å². The van der Waals surface area contributed by atoms with Crippen LogP contribution in [0.5, 0.6) is 5.75 Å². The smallest absolute Gasteiger partial charge is 0.119 e. The fraction of sp³-hybridized carbons (Fsp3) is 0.600. The van der Waals surface area contributed by atoms with E-state index in [1.807, 2.05) is 25.1 Å². The van der Waals surface area contributed by atoms with E-state index in [9.17, 15) is 5.11 Å². The Hall–Kier alpha value is -0.620. The number of nitrogens with one attached hydrogen (secondary N) is 1. The average molecular weight is 344 g/mol. The van der Waals surface area contributed by atoms with Crippen molar-refractivity contribution in [2.24, 2.45) is 0 Å². The fourth-order valence-electron chi connectivity index (χ4n) is 1.81. The molecule has 5 heteroatoms. The molecule has 4 nitrogen and oxygen atoms in total. The van der Waals surface area contributed by atoms with E-state index in [2.05, 4.69) is 21.2 Å². The van der Waals surface area contributed by atoms with Crippen molar-refractivity contribution in [3.8, 4) is 5.75 Å². The second-order valence-electron chi connectivity index (χ2n) is 5.03. The van der Waals surface area contributed by atoms with Crippen LogP contribution in [0.1, 0.15) is 25.3 Å². The summed E-state index contributed by atoms with van der Waals surface area (Å²) in [5.74, 6) is 0.774. The molecular weight excluding hydrogens is 322 g/mol. The summed E-state index contributed by atoms with van der Waals surface area (Å²) < 4.78 is 11.8. The zero-order valence-electron chi connectivity index (χ0n) is 11.8. The topological polar surface area (TPSA) is 50.7 Å². The van der Waals surface area contributed by atoms with Gasteiger partial charge in [0.2, 0.25) is 0 Å². The number of benzene rings is 1. The van der Waals surface area contributed by atoms with Gasteiger partial charge in [0.05, 0.1) is 6.61 Å². The zero-order valence-corrected chi connectivity index (χ0v) is 13.4. The van der Waals surface area contributed by atoms with Gasteiger partial charge in [0.25, 0.3) is 0 Å². The lowest BCUT2D eigenvalue weighted by Crippen LogP contribution is -2.23. The number of aliphatic hydroxyl groups excluding tert-OH is 1. The minimum atomic E-state index is -0.591. The van der Waals surface area contributed by atoms with Crippen LogP contribution in [0, 0.1) is 0 Å². The van der Waals surface area contributed by atoms with Gasteiger partial charge in [-0.25, -0.2) is 0 Å². The normalized spacial score (nSPS) is 16.1. The quantitative estimate of drug-likeness (QED) is 0.723. The Labute approximate surface area is 128 Å². The highest BCUT2D eigenvalue weighted by Crippen LogP contribution is 2.25. The van der Waals surface area contributed by atoms with E-state index >= 15 is 0 Å². The zero-order chi connectivity index (χ0) is 14.4. The first-order valence-electron chi connectivity index (χ1n) is 7.09. The van der Waals surface area contributed by atoms with Gasteiger partial charge in [-0.1, -0.05) is 15.9 Å². The molecule has 1 unspecified atom stereocenters. The van der Waals surface area contributed by atoms with Crippen molar-refractivity contribution in [1.29, 1.82) is 0 Å². The van der Waals surface area contributed by atoms with Gasteiger partial charge >= 0.3 is 0 Å². The highest BCUT2D eigenvalue weighted by atomic mass is 79.9. The summed E-state index contributed by atoms with van der Waals surface area (Å²) in [6.07, 6.45) is 1.96. The first-order chi connectivity index (χ1) is 9.69. The summed E-state index contributed by atoms with van der Waals surface area (Å²) in [5.41, 5.74) is 1.17. The van der Waals surface area contributed by atoms with Crippen molar-refractivity contribution in [2.45, 2.75) is 38.5 Å². The molecule has 0 saturated heterocycles. The summed E-state index contributed by atoms with van der Waals surface area (Å²) in [6.45, 7) is 3.90. The summed E-state index contributed by atoms with van der Waals surface area (Å²) in [4.78, 5) is 0. The molecule has 1 fully saturated rings. The second-order valence-corrected chi connectivity index (χ2v) is 5.89. The molecule has 1 atom stereocenters. The van der Waals surface area contributed by atoms with E-state index in [1.165, 1.54) is 18.4 Å². The van der Waals surface area contributed by atoms with Crippen LogP contribution in [0.25, 0.3) is 0 Å². The van der Waals surface area contributed by atoms with Gasteiger partial charge in [0.15, 0.2) is 0 Å². The largest absolute Gasteiger partial charge is 0.491 e. The lowest BCUT2D eigenvalue weighted by Gasteiger charge is -2.14. The van der Waals surface area contributed by atoms with Gasteiger partial charge in [0, 0.05) is 23.7 Å². The van der Waals surface area contributed by atoms with Crippen LogP contribution >= 0.6 is 15.9 Å². The Balaban J connectivity index is 1.82. The first-order valence-corrected chi connectivity index (χ1v) is 7.88. The monoisotopic (exact) mass is 343 g/mol. The molecule has 0 radical (unpaired) electrons. The Morgan fingerprint density at radius 1 is 1.40 bits per heavy atom. The van der Waals surface area contributed by atoms with Crippen molar-refractivity contribution >= 4 is 15.9 Å². The predicted octanol–water partition coefficient (Wildman–Crippen LogP) is 2.48. The third-order valence-corrected chi connectivity index (χ3v) is 3.91. The van der Waals surface area contributed by atoms with Crippen molar-refractivity contribution in [3.05, 3.63) is 28.2 Å². The SMILES string of the molecule is CCOCC(O)COc1ccc(Br)c(CNC2CC2)c1. The van der Waals surface area contributed by atoms with E-state index < -0.39 is 6.10 Å². The molecule has 1 aliphatic carbocycles. The van der Waals surface area contributed by atoms with Gasteiger partial charge in [-0.15, -0.1) is 0 Å². The van der Waals surface area contributed by atoms with E-state index in [1.54, 1.807) is 0 Å². The lowest BCUT2D eigenvalue weighted by molar-refractivity contribution is 0.0164. The standard InChI is InChI=1S/C15H22BrNO3/c1-2-19-9-13(18)10-20-14-5-6-15(16)11(7-14)8-17-12-3-4-12/h5-7,12-13,17-18H,2-4,8-10H2,1H3. The van der Waals surface area contributed by atoms with Gasteiger partial charge in [-0.05, 0) is 43.5 Å². The van der Waals surface area contributed by atoms with Crippen LogP contribution in [-0.4, -0.2) is 37.1 Å². The maximum Gasteiger partial charge on any atom is 0.119 e. The number of hydrogen-bond donors (Lipinski definition) is 2. The predicted molar refractivity (Wildman–Crippen MR) is 82.0 cm³/mol. The molecule has 2 N–H and O–H groups in total. The number of aliphatic hydroxyl groups is 1. The molecule has 0 spiro atoms. The Morgan fingerprint density at radius 2 is 2.20 bits per heavy atom. The molecule has 0 heterocycles. The molecule has 0 aliphatic heterocycles. The van der Waals surface area contributed by atoms with Gasteiger partial charge in [-0.2, -0.15) is 0 Å². The molecule has 0 aromatic heterocycles. The van der Waals surface area contributed by atoms with Gasteiger partial charge in [0.1, 0.15) is 18.5 Å². The number of rotatable bonds is 9. The summed E-state index contributed by atoms with van der Waals surface area (Å²) >= 11 is 3.55. The van der Waals surface area contributed by atoms with Crippen molar-refractivity contribution in [1.82, 2.24) is 5.32 Å². The van der Waals surface area contributed by atoms with E-state index in [0.717, 1.165) is 16.8 Å². The van der Waals surface area contributed by atoms with Crippen LogP contribution in [0.15, 0.2) is 22.7 Å². The van der Waals surface area contributed by atoms with Crippen LogP contribution in [0.2, 0.25) is 0 Å². The molecular formula is C15H22BrNO3. The molecule has 112 valence electrons. The molecule has 20 heavy (non-hydrogen) atoms. The van der Waals surface area contributed by atoms with Crippen molar-refractivity contribution < 1.29 is 14.6 Å². The van der Waals surface area contributed by atoms with Crippen molar-refractivity contribution in [2.75, 3.05) is 19.8 Å². The van der Waals surface area contributed by atoms with E-state index in [4.69, 9.17) is 9.47 Å². The lowest BCUT2D eigenvalue weighted by atomic mass is 10.2. The summed E-state index contributed by atoms with van der Waals surface area (Å²) in [6, 6.07) is 6.57. The molecule has 0 amide bonds. The number of halogens is 1. The molecule has 1 saturated carbocycles. The molecule has 1 aromatic carbocycles. The van der Waals surface area contributed by atoms with Crippen LogP contribution in [-0.2, 0) is 11.3 Å². The Kier molecular flexibility index (Phi) is 6.29. The van der Waals surface area contributed by atoms with Crippen LogP contribution in [0.3, 0.4) is 0 Å². The molecule has 1 aromatic rings. The molecule has 0 bridgehead atoms. The Morgan fingerprint density at radius 3 is 2.90 bits per heavy atom. The minimum Gasteiger partial charge on any atom is -0.491 e. The highest BCUT2D eigenvalue weighted by Gasteiger charge is 2.20. The number of ether oxygens (including phenoxy) is 2. The second kappa shape index (κ2) is 7.98. The van der Waals surface area contributed by atoms with Gasteiger partial charge < -0.3 is 19.9 Å². The summed E-state index contributed by atoms with van der Waals surface area (Å²) in [5, 5.41) is 13.2. The maximum absolute atomic E-state index is 9.68. The van der Waals surface area contributed by atoms with E-state index in [-0.39, 0.29) is 6.61 Å². The average Bonchev–Trinajstić information content (AvgIpc) is 3.27. The van der Waals surface area contributed by atoms with E-state index in [0.29, 0.717) is 19.3 Å². The van der Waals surface area contributed by atoms with Crippen LogP contribution < -0.4 is 10.1 Å². The summed E-state index contributed by atoms with van der Waals surface area (Å²) in [7, 11) is 0. The molecule has 2 rings (SSSR count).